The molecule has 5 nitrogen and oxygen atoms in total. The van der Waals surface area contributed by atoms with Gasteiger partial charge in [-0.2, -0.15) is 0 Å². The summed E-state index contributed by atoms with van der Waals surface area (Å²) in [5, 5.41) is 10.5. The number of ether oxygens (including phenoxy) is 1. The van der Waals surface area contributed by atoms with Gasteiger partial charge < -0.3 is 4.74 Å². The van der Waals surface area contributed by atoms with E-state index in [0.717, 1.165) is 0 Å². The molecule has 5 heteroatoms. The Kier molecular flexibility index (Phi) is 3.38. The van der Waals surface area contributed by atoms with Crippen LogP contribution in [-0.2, 0) is 9.53 Å². The van der Waals surface area contributed by atoms with E-state index in [4.69, 9.17) is 4.74 Å². The Hall–Kier alpha value is -1.91. The number of hydrogen-bond acceptors (Lipinski definition) is 4. The van der Waals surface area contributed by atoms with E-state index in [9.17, 15) is 14.9 Å². The molecule has 0 heterocycles. The quantitative estimate of drug-likeness (QED) is 0.434. The first-order valence-corrected chi connectivity index (χ1v) is 4.42. The molecule has 0 fully saturated rings. The van der Waals surface area contributed by atoms with Crippen molar-refractivity contribution in [3.05, 3.63) is 39.9 Å². The molecule has 1 aromatic carbocycles. The molecule has 80 valence electrons. The number of nitro benzene ring substituents is 1. The molecule has 0 N–H and O–H groups in total. The van der Waals surface area contributed by atoms with Gasteiger partial charge in [-0.25, -0.2) is 0 Å². The third-order valence-electron chi connectivity index (χ3n) is 1.89. The zero-order valence-electron chi connectivity index (χ0n) is 8.47. The number of esters is 1. The molecule has 0 radical (unpaired) electrons. The van der Waals surface area contributed by atoms with Crippen molar-refractivity contribution < 1.29 is 14.5 Å². The molecule has 0 aliphatic heterocycles. The second kappa shape index (κ2) is 4.54. The monoisotopic (exact) mass is 209 g/mol. The zero-order valence-corrected chi connectivity index (χ0v) is 8.47. The summed E-state index contributed by atoms with van der Waals surface area (Å²) in [6, 6.07) is 6.03. The van der Waals surface area contributed by atoms with Crippen molar-refractivity contribution in [1.82, 2.24) is 0 Å². The van der Waals surface area contributed by atoms with E-state index in [0.29, 0.717) is 5.56 Å². The maximum absolute atomic E-state index is 10.7. The Bertz CT molecular complexity index is 389. The highest BCUT2D eigenvalue weighted by atomic mass is 16.6. The van der Waals surface area contributed by atoms with E-state index in [1.807, 2.05) is 0 Å². The van der Waals surface area contributed by atoms with Gasteiger partial charge in [-0.15, -0.1) is 0 Å². The standard InChI is InChI=1S/C10H11NO4/c1-7(15-8(2)12)9-4-3-5-10(6-9)11(13)14/h3-7H,1-2H3. The fourth-order valence-electron chi connectivity index (χ4n) is 1.21. The number of benzene rings is 1. The summed E-state index contributed by atoms with van der Waals surface area (Å²) in [7, 11) is 0. The molecule has 0 aliphatic carbocycles. The van der Waals surface area contributed by atoms with Crippen LogP contribution in [0.3, 0.4) is 0 Å². The summed E-state index contributed by atoms with van der Waals surface area (Å²) < 4.78 is 4.91. The van der Waals surface area contributed by atoms with Crippen LogP contribution in [0.4, 0.5) is 5.69 Å². The van der Waals surface area contributed by atoms with Crippen molar-refractivity contribution in [3.8, 4) is 0 Å². The number of hydrogen-bond donors (Lipinski definition) is 0. The van der Waals surface area contributed by atoms with Crippen LogP contribution >= 0.6 is 0 Å². The summed E-state index contributed by atoms with van der Waals surface area (Å²) >= 11 is 0. The van der Waals surface area contributed by atoms with Crippen LogP contribution in [0.25, 0.3) is 0 Å². The number of non-ortho nitro benzene ring substituents is 1. The van der Waals surface area contributed by atoms with E-state index in [1.165, 1.54) is 19.1 Å². The normalized spacial score (nSPS) is 11.9. The number of rotatable bonds is 3. The molecule has 0 amide bonds. The molecule has 0 bridgehead atoms. The van der Waals surface area contributed by atoms with Gasteiger partial charge in [0, 0.05) is 19.1 Å². The summed E-state index contributed by atoms with van der Waals surface area (Å²) in [5.41, 5.74) is 0.603. The lowest BCUT2D eigenvalue weighted by Crippen LogP contribution is -2.05. The molecular formula is C10H11NO4. The van der Waals surface area contributed by atoms with Gasteiger partial charge >= 0.3 is 5.97 Å². The van der Waals surface area contributed by atoms with E-state index in [1.54, 1.807) is 19.1 Å². The molecule has 0 aliphatic rings. The van der Waals surface area contributed by atoms with Crippen molar-refractivity contribution in [2.24, 2.45) is 0 Å². The summed E-state index contributed by atoms with van der Waals surface area (Å²) in [6.07, 6.45) is -0.470. The molecule has 0 spiro atoms. The Morgan fingerprint density at radius 3 is 2.73 bits per heavy atom. The minimum atomic E-state index is -0.482. The van der Waals surface area contributed by atoms with Crippen LogP contribution in [0, 0.1) is 10.1 Å². The number of nitro groups is 1. The minimum Gasteiger partial charge on any atom is -0.458 e. The van der Waals surface area contributed by atoms with Crippen molar-refractivity contribution in [3.63, 3.8) is 0 Å². The van der Waals surface area contributed by atoms with Crippen molar-refractivity contribution >= 4 is 11.7 Å². The van der Waals surface area contributed by atoms with Crippen LogP contribution in [0.2, 0.25) is 0 Å². The molecule has 0 saturated heterocycles. The second-order valence-corrected chi connectivity index (χ2v) is 3.10. The number of carbonyl (C=O) groups excluding carboxylic acids is 1. The van der Waals surface area contributed by atoms with Gasteiger partial charge in [-0.05, 0) is 12.5 Å². The Balaban J connectivity index is 2.89. The van der Waals surface area contributed by atoms with Crippen molar-refractivity contribution in [2.45, 2.75) is 20.0 Å². The Morgan fingerprint density at radius 2 is 2.20 bits per heavy atom. The lowest BCUT2D eigenvalue weighted by molar-refractivity contribution is -0.385. The molecule has 1 atom stereocenters. The molecule has 1 aromatic rings. The fraction of sp³-hybridized carbons (Fsp3) is 0.300. The highest BCUT2D eigenvalue weighted by molar-refractivity contribution is 5.66. The highest BCUT2D eigenvalue weighted by Gasteiger charge is 2.12. The van der Waals surface area contributed by atoms with E-state index in [-0.39, 0.29) is 5.69 Å². The first kappa shape index (κ1) is 11.2. The predicted octanol–water partition coefficient (Wildman–Crippen LogP) is 2.22. The molecular weight excluding hydrogens is 198 g/mol. The average Bonchev–Trinajstić information content (AvgIpc) is 2.17. The lowest BCUT2D eigenvalue weighted by Gasteiger charge is -2.11. The third kappa shape index (κ3) is 3.05. The van der Waals surface area contributed by atoms with E-state index >= 15 is 0 Å². The summed E-state index contributed by atoms with van der Waals surface area (Å²) in [6.45, 7) is 2.97. The topological polar surface area (TPSA) is 69.4 Å². The highest BCUT2D eigenvalue weighted by Crippen LogP contribution is 2.21. The smallest absolute Gasteiger partial charge is 0.303 e. The van der Waals surface area contributed by atoms with Crippen LogP contribution in [-0.4, -0.2) is 10.9 Å². The van der Waals surface area contributed by atoms with Crippen LogP contribution in [0.5, 0.6) is 0 Å². The largest absolute Gasteiger partial charge is 0.458 e. The van der Waals surface area contributed by atoms with Gasteiger partial charge in [0.15, 0.2) is 0 Å². The number of nitrogens with zero attached hydrogens (tertiary/aromatic N) is 1. The summed E-state index contributed by atoms with van der Waals surface area (Å²) in [5.74, 6) is -0.408. The van der Waals surface area contributed by atoms with Gasteiger partial charge in [0.25, 0.3) is 5.69 Å². The molecule has 1 unspecified atom stereocenters. The van der Waals surface area contributed by atoms with Crippen LogP contribution in [0.15, 0.2) is 24.3 Å². The maximum atomic E-state index is 10.7. The molecule has 0 aromatic heterocycles. The Morgan fingerprint density at radius 1 is 1.53 bits per heavy atom. The van der Waals surface area contributed by atoms with Gasteiger partial charge in [-0.1, -0.05) is 12.1 Å². The average molecular weight is 209 g/mol. The number of carbonyl (C=O) groups is 1. The van der Waals surface area contributed by atoms with Gasteiger partial charge in [0.2, 0.25) is 0 Å². The SMILES string of the molecule is CC(=O)OC(C)c1cccc([N+](=O)[O-])c1. The minimum absolute atomic E-state index is 0.00787. The van der Waals surface area contributed by atoms with E-state index in [2.05, 4.69) is 0 Å². The first-order chi connectivity index (χ1) is 7.00. The van der Waals surface area contributed by atoms with Gasteiger partial charge in [0.1, 0.15) is 6.10 Å². The maximum Gasteiger partial charge on any atom is 0.303 e. The second-order valence-electron chi connectivity index (χ2n) is 3.10. The summed E-state index contributed by atoms with van der Waals surface area (Å²) in [4.78, 5) is 20.7. The van der Waals surface area contributed by atoms with Crippen LogP contribution < -0.4 is 0 Å². The predicted molar refractivity (Wildman–Crippen MR) is 53.3 cm³/mol. The molecule has 0 saturated carbocycles. The third-order valence-corrected chi connectivity index (χ3v) is 1.89. The fourth-order valence-corrected chi connectivity index (χ4v) is 1.21. The van der Waals surface area contributed by atoms with Gasteiger partial charge in [-0.3, -0.25) is 14.9 Å². The van der Waals surface area contributed by atoms with Crippen LogP contribution in [0.1, 0.15) is 25.5 Å². The lowest BCUT2D eigenvalue weighted by atomic mass is 10.1. The molecule has 1 rings (SSSR count). The van der Waals surface area contributed by atoms with Crippen molar-refractivity contribution in [1.29, 1.82) is 0 Å². The first-order valence-electron chi connectivity index (χ1n) is 4.42. The molecule has 15 heavy (non-hydrogen) atoms. The van der Waals surface area contributed by atoms with E-state index < -0.39 is 17.0 Å². The van der Waals surface area contributed by atoms with Crippen molar-refractivity contribution in [2.75, 3.05) is 0 Å². The zero-order chi connectivity index (χ0) is 11.4. The van der Waals surface area contributed by atoms with Gasteiger partial charge in [0.05, 0.1) is 4.92 Å². The Labute approximate surface area is 86.8 Å².